The Balaban J connectivity index is 1.40. The largest absolute Gasteiger partial charge is 0.493 e. The molecule has 224 valence electrons. The number of carbonyl (C=O) groups excluding carboxylic acids is 1. The Kier molecular flexibility index (Phi) is 8.38. The molecule has 1 aliphatic rings. The first kappa shape index (κ1) is 29.5. The van der Waals surface area contributed by atoms with Gasteiger partial charge in [0.05, 0.1) is 61.5 Å². The first-order chi connectivity index (χ1) is 20.8. The lowest BCUT2D eigenvalue weighted by Crippen LogP contribution is -2.17. The molecule has 6 rings (SSSR count). The van der Waals surface area contributed by atoms with Crippen molar-refractivity contribution in [3.63, 3.8) is 0 Å². The summed E-state index contributed by atoms with van der Waals surface area (Å²) < 4.78 is 21.3. The highest BCUT2D eigenvalue weighted by atomic mass is 35.5. The molecule has 10 heteroatoms. The molecule has 0 bridgehead atoms. The fourth-order valence-corrected chi connectivity index (χ4v) is 6.56. The predicted octanol–water partition coefficient (Wildman–Crippen LogP) is 7.02. The van der Waals surface area contributed by atoms with Crippen LogP contribution in [0.2, 0.25) is 10.0 Å². The second kappa shape index (κ2) is 12.2. The second-order valence-electron chi connectivity index (χ2n) is 10.7. The maximum atomic E-state index is 13.4. The van der Waals surface area contributed by atoms with Gasteiger partial charge in [-0.05, 0) is 67.5 Å². The van der Waals surface area contributed by atoms with E-state index in [-0.39, 0.29) is 13.2 Å². The molecule has 0 radical (unpaired) electrons. The number of esters is 1. The fraction of sp³-hybridized carbons (Fsp3) is 0.333. The lowest BCUT2D eigenvalue weighted by molar-refractivity contribution is 0.0514. The number of carbonyl (C=O) groups is 1. The SMILES string of the molecule is CCOC(=O)c1c(CCCOc2cc(C)cc3ccc(Cl)cc23)c2ccc(Cl)c(-c3c(CO)nn4c3COCC4)c2n1C. The van der Waals surface area contributed by atoms with Gasteiger partial charge in [-0.3, -0.25) is 4.68 Å². The Morgan fingerprint density at radius 2 is 1.95 bits per heavy atom. The first-order valence-electron chi connectivity index (χ1n) is 14.4. The molecule has 2 aromatic heterocycles. The van der Waals surface area contributed by atoms with E-state index >= 15 is 0 Å². The number of ether oxygens (including phenoxy) is 3. The number of aliphatic hydroxyl groups is 1. The molecule has 0 amide bonds. The zero-order valence-corrected chi connectivity index (χ0v) is 25.9. The Labute approximate surface area is 259 Å². The van der Waals surface area contributed by atoms with Gasteiger partial charge in [0, 0.05) is 34.0 Å². The predicted molar refractivity (Wildman–Crippen MR) is 168 cm³/mol. The van der Waals surface area contributed by atoms with Crippen LogP contribution >= 0.6 is 23.2 Å². The van der Waals surface area contributed by atoms with Gasteiger partial charge in [-0.2, -0.15) is 5.10 Å². The molecule has 5 aromatic rings. The third kappa shape index (κ3) is 5.38. The summed E-state index contributed by atoms with van der Waals surface area (Å²) in [4.78, 5) is 13.4. The van der Waals surface area contributed by atoms with Crippen LogP contribution < -0.4 is 4.74 Å². The zero-order chi connectivity index (χ0) is 30.2. The van der Waals surface area contributed by atoms with Crippen LogP contribution in [0, 0.1) is 6.92 Å². The maximum Gasteiger partial charge on any atom is 0.355 e. The molecule has 0 unspecified atom stereocenters. The molecule has 3 aromatic carbocycles. The summed E-state index contributed by atoms with van der Waals surface area (Å²) in [6, 6.07) is 13.7. The number of benzene rings is 3. The van der Waals surface area contributed by atoms with Crippen molar-refractivity contribution >= 4 is 50.8 Å². The highest BCUT2D eigenvalue weighted by molar-refractivity contribution is 6.35. The van der Waals surface area contributed by atoms with E-state index in [1.54, 1.807) is 6.92 Å². The second-order valence-corrected chi connectivity index (χ2v) is 11.6. The molecule has 0 atom stereocenters. The number of aryl methyl sites for hydroxylation is 3. The molecule has 0 saturated carbocycles. The van der Waals surface area contributed by atoms with Gasteiger partial charge in [0.2, 0.25) is 0 Å². The van der Waals surface area contributed by atoms with Gasteiger partial charge in [0.1, 0.15) is 11.4 Å². The average Bonchev–Trinajstić information content (AvgIpc) is 3.50. The van der Waals surface area contributed by atoms with E-state index in [0.29, 0.717) is 66.2 Å². The molecule has 0 spiro atoms. The highest BCUT2D eigenvalue weighted by Gasteiger charge is 2.29. The third-order valence-corrected chi connectivity index (χ3v) is 8.50. The standard InChI is InChI=1S/C33H33Cl2N3O5/c1-4-42-33(40)32-22(6-5-12-43-28-15-19(2)14-20-7-8-21(34)16-24(20)28)23-9-10-25(35)29(31(23)37(32)3)30-26(17-39)36-38-11-13-41-18-27(30)38/h7-10,14-16,39H,4-6,11-13,17-18H2,1-3H3. The number of hydrogen-bond donors (Lipinski definition) is 1. The fourth-order valence-electron chi connectivity index (χ4n) is 6.14. The quantitative estimate of drug-likeness (QED) is 0.140. The third-order valence-electron chi connectivity index (χ3n) is 7.95. The number of halogens is 2. The van der Waals surface area contributed by atoms with Crippen molar-refractivity contribution in [1.82, 2.24) is 14.3 Å². The molecule has 0 aliphatic carbocycles. The van der Waals surface area contributed by atoms with Crippen LogP contribution in [0.4, 0.5) is 0 Å². The summed E-state index contributed by atoms with van der Waals surface area (Å²) in [5, 5.41) is 19.0. The van der Waals surface area contributed by atoms with Crippen LogP contribution in [0.5, 0.6) is 5.75 Å². The summed E-state index contributed by atoms with van der Waals surface area (Å²) in [5.41, 5.74) is 6.04. The Morgan fingerprint density at radius 3 is 2.74 bits per heavy atom. The summed E-state index contributed by atoms with van der Waals surface area (Å²) in [6.07, 6.45) is 1.22. The molecule has 0 saturated heterocycles. The van der Waals surface area contributed by atoms with Gasteiger partial charge in [-0.15, -0.1) is 0 Å². The average molecular weight is 623 g/mol. The van der Waals surface area contributed by atoms with Gasteiger partial charge in [0.15, 0.2) is 0 Å². The van der Waals surface area contributed by atoms with E-state index in [9.17, 15) is 9.90 Å². The Bertz CT molecular complexity index is 1860. The van der Waals surface area contributed by atoms with Crippen molar-refractivity contribution in [3.8, 4) is 16.9 Å². The van der Waals surface area contributed by atoms with Crippen molar-refractivity contribution in [2.24, 2.45) is 7.05 Å². The van der Waals surface area contributed by atoms with Crippen molar-refractivity contribution in [3.05, 3.63) is 80.7 Å². The smallest absolute Gasteiger partial charge is 0.355 e. The Hall–Kier alpha value is -3.56. The molecule has 43 heavy (non-hydrogen) atoms. The molecule has 1 aliphatic heterocycles. The van der Waals surface area contributed by atoms with Crippen LogP contribution in [0.25, 0.3) is 32.8 Å². The van der Waals surface area contributed by atoms with E-state index in [1.807, 2.05) is 59.6 Å². The van der Waals surface area contributed by atoms with E-state index in [2.05, 4.69) is 11.2 Å². The zero-order valence-electron chi connectivity index (χ0n) is 24.4. The van der Waals surface area contributed by atoms with E-state index < -0.39 is 5.97 Å². The molecule has 3 heterocycles. The van der Waals surface area contributed by atoms with Crippen LogP contribution in [0.1, 0.15) is 46.3 Å². The van der Waals surface area contributed by atoms with Crippen molar-refractivity contribution in [2.45, 2.75) is 46.4 Å². The number of rotatable bonds is 9. The first-order valence-corrected chi connectivity index (χ1v) is 15.1. The van der Waals surface area contributed by atoms with E-state index in [0.717, 1.165) is 49.8 Å². The van der Waals surface area contributed by atoms with Gasteiger partial charge >= 0.3 is 5.97 Å². The van der Waals surface area contributed by atoms with Gasteiger partial charge in [0.25, 0.3) is 0 Å². The summed E-state index contributed by atoms with van der Waals surface area (Å²) in [5.74, 6) is 0.376. The molecular formula is C33H33Cl2N3O5. The van der Waals surface area contributed by atoms with E-state index in [4.69, 9.17) is 37.4 Å². The molecule has 0 fully saturated rings. The summed E-state index contributed by atoms with van der Waals surface area (Å²) in [7, 11) is 1.85. The number of aromatic nitrogens is 3. The monoisotopic (exact) mass is 621 g/mol. The minimum atomic E-state index is -0.402. The molecular weight excluding hydrogens is 589 g/mol. The summed E-state index contributed by atoms with van der Waals surface area (Å²) in [6.45, 7) is 5.76. The van der Waals surface area contributed by atoms with Crippen LogP contribution in [-0.2, 0) is 42.7 Å². The van der Waals surface area contributed by atoms with Gasteiger partial charge in [-0.1, -0.05) is 41.4 Å². The Morgan fingerprint density at radius 1 is 1.12 bits per heavy atom. The number of aliphatic hydroxyl groups excluding tert-OH is 1. The lowest BCUT2D eigenvalue weighted by atomic mass is 9.97. The van der Waals surface area contributed by atoms with Crippen LogP contribution in [0.15, 0.2) is 42.5 Å². The maximum absolute atomic E-state index is 13.4. The lowest BCUT2D eigenvalue weighted by Gasteiger charge is -2.17. The topological polar surface area (TPSA) is 87.7 Å². The highest BCUT2D eigenvalue weighted by Crippen LogP contribution is 2.43. The van der Waals surface area contributed by atoms with E-state index in [1.165, 1.54) is 0 Å². The van der Waals surface area contributed by atoms with Crippen molar-refractivity contribution in [2.75, 3.05) is 19.8 Å². The number of nitrogens with zero attached hydrogens (tertiary/aromatic N) is 3. The summed E-state index contributed by atoms with van der Waals surface area (Å²) >= 11 is 13.2. The minimum Gasteiger partial charge on any atom is -0.493 e. The molecule has 8 nitrogen and oxygen atoms in total. The van der Waals surface area contributed by atoms with Crippen LogP contribution in [0.3, 0.4) is 0 Å². The number of hydrogen-bond acceptors (Lipinski definition) is 6. The normalized spacial score (nSPS) is 13.1. The molecule has 1 N–H and O–H groups in total. The van der Waals surface area contributed by atoms with Gasteiger partial charge < -0.3 is 23.9 Å². The van der Waals surface area contributed by atoms with Crippen molar-refractivity contribution in [1.29, 1.82) is 0 Å². The van der Waals surface area contributed by atoms with Gasteiger partial charge in [-0.25, -0.2) is 4.79 Å². The minimum absolute atomic E-state index is 0.250. The van der Waals surface area contributed by atoms with Crippen molar-refractivity contribution < 1.29 is 24.1 Å². The van der Waals surface area contributed by atoms with Crippen LogP contribution in [-0.4, -0.2) is 45.2 Å². The number of fused-ring (bicyclic) bond motifs is 3.